The maximum absolute atomic E-state index is 11.1. The molecule has 0 bridgehead atoms. The van der Waals surface area contributed by atoms with E-state index >= 15 is 0 Å². The quantitative estimate of drug-likeness (QED) is 0.138. The molecule has 0 radical (unpaired) electrons. The Morgan fingerprint density at radius 3 is 1.59 bits per heavy atom. The molecule has 5 heteroatoms. The smallest absolute Gasteiger partial charge is 0.346 e. The van der Waals surface area contributed by atoms with Crippen molar-refractivity contribution in [3.05, 3.63) is 139 Å². The summed E-state index contributed by atoms with van der Waals surface area (Å²) >= 11 is 0. The van der Waals surface area contributed by atoms with Crippen LogP contribution in [0.1, 0.15) is 5.56 Å². The number of benzene rings is 5. The summed E-state index contributed by atoms with van der Waals surface area (Å²) in [5.74, 6) is -1.24. The number of carbonyl (C=O) groups is 1. The zero-order valence-corrected chi connectivity index (χ0v) is 21.9. The second kappa shape index (κ2) is 9.71. The number of nitriles is 1. The molecule has 2 aromatic heterocycles. The highest BCUT2D eigenvalue weighted by Gasteiger charge is 2.14. The second-order valence-electron chi connectivity index (χ2n) is 9.87. The van der Waals surface area contributed by atoms with E-state index in [1.165, 1.54) is 27.9 Å². The SMILES string of the molecule is N#CC(=CC=Cc1ccc2c(c1)c1ccccc1n2-c1ccc(-n2c3ccccc3c3ccccc32)cc1)C(=O)O. The fourth-order valence-corrected chi connectivity index (χ4v) is 5.74. The van der Waals surface area contributed by atoms with Crippen molar-refractivity contribution in [2.45, 2.75) is 0 Å². The van der Waals surface area contributed by atoms with Crippen molar-refractivity contribution >= 4 is 55.7 Å². The van der Waals surface area contributed by atoms with Gasteiger partial charge in [-0.05, 0) is 66.2 Å². The Morgan fingerprint density at radius 2 is 1.10 bits per heavy atom. The van der Waals surface area contributed by atoms with Gasteiger partial charge in [0.1, 0.15) is 11.6 Å². The van der Waals surface area contributed by atoms with Crippen LogP contribution in [0.5, 0.6) is 0 Å². The maximum Gasteiger partial charge on any atom is 0.346 e. The first-order valence-corrected chi connectivity index (χ1v) is 13.3. The predicted octanol–water partition coefficient (Wildman–Crippen LogP) is 8.43. The number of fused-ring (bicyclic) bond motifs is 6. The van der Waals surface area contributed by atoms with Gasteiger partial charge in [-0.3, -0.25) is 0 Å². The Kier molecular flexibility index (Phi) is 5.73. The molecular formula is C36H23N3O2. The Labute approximate surface area is 235 Å². The molecule has 194 valence electrons. The Bertz CT molecular complexity index is 2190. The van der Waals surface area contributed by atoms with Crippen molar-refractivity contribution in [3.63, 3.8) is 0 Å². The van der Waals surface area contributed by atoms with E-state index in [4.69, 9.17) is 10.4 Å². The highest BCUT2D eigenvalue weighted by atomic mass is 16.4. The van der Waals surface area contributed by atoms with Crippen LogP contribution in [0.25, 0.3) is 61.1 Å². The molecule has 1 N–H and O–H groups in total. The summed E-state index contributed by atoms with van der Waals surface area (Å²) in [5, 5.41) is 22.8. The van der Waals surface area contributed by atoms with Gasteiger partial charge in [0.15, 0.2) is 0 Å². The molecular weight excluding hydrogens is 506 g/mol. The first kappa shape index (κ1) is 24.2. The van der Waals surface area contributed by atoms with Gasteiger partial charge in [-0.1, -0.05) is 72.8 Å². The highest BCUT2D eigenvalue weighted by Crippen LogP contribution is 2.35. The molecule has 0 aliphatic carbocycles. The molecule has 0 amide bonds. The molecule has 5 aromatic carbocycles. The molecule has 0 atom stereocenters. The number of nitrogens with zero attached hydrogens (tertiary/aromatic N) is 3. The van der Waals surface area contributed by atoms with Gasteiger partial charge in [0, 0.05) is 32.9 Å². The molecule has 0 unspecified atom stereocenters. The standard InChI is InChI=1S/C36H23N3O2/c37-23-25(36(40)41)9-7-8-24-16-21-35-31(22-24)30-12-3-6-15-34(30)39(35)27-19-17-26(18-20-27)38-32-13-4-1-10-28(32)29-11-2-5-14-33(29)38/h1-22H,(H,40,41). The van der Waals surface area contributed by atoms with Gasteiger partial charge in [-0.15, -0.1) is 0 Å². The third-order valence-corrected chi connectivity index (χ3v) is 7.55. The Hall–Kier alpha value is -5.86. The van der Waals surface area contributed by atoms with E-state index in [0.29, 0.717) is 0 Å². The van der Waals surface area contributed by atoms with E-state index in [0.717, 1.165) is 38.7 Å². The number of aliphatic carboxylic acids is 1. The van der Waals surface area contributed by atoms with Crippen LogP contribution in [0.2, 0.25) is 0 Å². The van der Waals surface area contributed by atoms with Gasteiger partial charge < -0.3 is 14.2 Å². The summed E-state index contributed by atoms with van der Waals surface area (Å²) < 4.78 is 4.58. The van der Waals surface area contributed by atoms with E-state index in [1.54, 1.807) is 12.1 Å². The number of para-hydroxylation sites is 3. The second-order valence-corrected chi connectivity index (χ2v) is 9.87. The zero-order valence-electron chi connectivity index (χ0n) is 21.9. The number of hydrogen-bond acceptors (Lipinski definition) is 2. The maximum atomic E-state index is 11.1. The first-order chi connectivity index (χ1) is 20.1. The summed E-state index contributed by atoms with van der Waals surface area (Å²) in [6.45, 7) is 0. The average molecular weight is 530 g/mol. The van der Waals surface area contributed by atoms with E-state index in [-0.39, 0.29) is 5.57 Å². The number of allylic oxidation sites excluding steroid dienone is 2. The highest BCUT2D eigenvalue weighted by molar-refractivity contribution is 6.10. The summed E-state index contributed by atoms with van der Waals surface area (Å²) in [6, 6.07) is 41.9. The lowest BCUT2D eigenvalue weighted by atomic mass is 10.1. The van der Waals surface area contributed by atoms with Crippen LogP contribution in [0.15, 0.2) is 133 Å². The third kappa shape index (κ3) is 3.98. The van der Waals surface area contributed by atoms with E-state index < -0.39 is 5.97 Å². The van der Waals surface area contributed by atoms with E-state index in [2.05, 4.69) is 106 Å². The van der Waals surface area contributed by atoms with Crippen LogP contribution in [-0.4, -0.2) is 20.2 Å². The number of hydrogen-bond donors (Lipinski definition) is 1. The van der Waals surface area contributed by atoms with E-state index in [1.807, 2.05) is 24.3 Å². The fraction of sp³-hybridized carbons (Fsp3) is 0. The van der Waals surface area contributed by atoms with Gasteiger partial charge in [-0.25, -0.2) is 4.79 Å². The van der Waals surface area contributed by atoms with Crippen LogP contribution in [-0.2, 0) is 4.79 Å². The molecule has 0 saturated carbocycles. The van der Waals surface area contributed by atoms with Gasteiger partial charge in [-0.2, -0.15) is 5.26 Å². The average Bonchev–Trinajstić information content (AvgIpc) is 3.52. The van der Waals surface area contributed by atoms with Crippen molar-refractivity contribution < 1.29 is 9.90 Å². The lowest BCUT2D eigenvalue weighted by Gasteiger charge is -2.11. The predicted molar refractivity (Wildman–Crippen MR) is 165 cm³/mol. The van der Waals surface area contributed by atoms with Crippen molar-refractivity contribution in [3.8, 4) is 17.4 Å². The van der Waals surface area contributed by atoms with Crippen molar-refractivity contribution in [1.82, 2.24) is 9.13 Å². The molecule has 0 saturated heterocycles. The number of carboxylic acids is 1. The summed E-state index contributed by atoms with van der Waals surface area (Å²) in [5.41, 5.74) is 7.32. The first-order valence-electron chi connectivity index (χ1n) is 13.3. The molecule has 0 aliphatic rings. The molecule has 5 nitrogen and oxygen atoms in total. The Morgan fingerprint density at radius 1 is 0.634 bits per heavy atom. The summed E-state index contributed by atoms with van der Waals surface area (Å²) in [4.78, 5) is 11.1. The van der Waals surface area contributed by atoms with E-state index in [9.17, 15) is 4.79 Å². The Balaban J connectivity index is 1.34. The summed E-state index contributed by atoms with van der Waals surface area (Å²) in [7, 11) is 0. The summed E-state index contributed by atoms with van der Waals surface area (Å²) in [6.07, 6.45) is 4.72. The third-order valence-electron chi connectivity index (χ3n) is 7.55. The molecule has 0 fully saturated rings. The molecule has 2 heterocycles. The number of carboxylic acid groups (broad SMARTS) is 1. The van der Waals surface area contributed by atoms with Crippen LogP contribution in [0, 0.1) is 11.3 Å². The molecule has 41 heavy (non-hydrogen) atoms. The van der Waals surface area contributed by atoms with Crippen molar-refractivity contribution in [1.29, 1.82) is 5.26 Å². The van der Waals surface area contributed by atoms with Gasteiger partial charge in [0.05, 0.1) is 22.1 Å². The number of rotatable bonds is 5. The molecule has 7 aromatic rings. The zero-order chi connectivity index (χ0) is 27.9. The van der Waals surface area contributed by atoms with Crippen molar-refractivity contribution in [2.24, 2.45) is 0 Å². The molecule has 0 spiro atoms. The largest absolute Gasteiger partial charge is 0.477 e. The minimum absolute atomic E-state index is 0.303. The van der Waals surface area contributed by atoms with Crippen LogP contribution >= 0.6 is 0 Å². The number of aromatic nitrogens is 2. The van der Waals surface area contributed by atoms with Gasteiger partial charge in [0.25, 0.3) is 0 Å². The molecule has 7 rings (SSSR count). The topological polar surface area (TPSA) is 71.0 Å². The van der Waals surface area contributed by atoms with Gasteiger partial charge >= 0.3 is 5.97 Å². The van der Waals surface area contributed by atoms with Crippen LogP contribution < -0.4 is 0 Å². The normalized spacial score (nSPS) is 12.1. The lowest BCUT2D eigenvalue weighted by Crippen LogP contribution is -1.97. The van der Waals surface area contributed by atoms with Crippen LogP contribution in [0.3, 0.4) is 0 Å². The fourth-order valence-electron chi connectivity index (χ4n) is 5.74. The van der Waals surface area contributed by atoms with Crippen molar-refractivity contribution in [2.75, 3.05) is 0 Å². The lowest BCUT2D eigenvalue weighted by molar-refractivity contribution is -0.132. The monoisotopic (exact) mass is 529 g/mol. The minimum Gasteiger partial charge on any atom is -0.477 e. The van der Waals surface area contributed by atoms with Crippen LogP contribution in [0.4, 0.5) is 0 Å². The molecule has 0 aliphatic heterocycles. The van der Waals surface area contributed by atoms with Gasteiger partial charge in [0.2, 0.25) is 0 Å². The minimum atomic E-state index is -1.24.